The van der Waals surface area contributed by atoms with Crippen molar-refractivity contribution in [3.63, 3.8) is 0 Å². The van der Waals surface area contributed by atoms with Gasteiger partial charge in [-0.2, -0.15) is 8.61 Å². The molecular formula is C44H48Cl2N6O8S4. The van der Waals surface area contributed by atoms with E-state index in [0.29, 0.717) is 86.7 Å². The average Bonchev–Trinajstić information content (AvgIpc) is 3.99. The van der Waals surface area contributed by atoms with Gasteiger partial charge in [0, 0.05) is 91.6 Å². The Morgan fingerprint density at radius 2 is 0.984 bits per heavy atom. The van der Waals surface area contributed by atoms with E-state index in [0.717, 1.165) is 44.3 Å². The van der Waals surface area contributed by atoms with E-state index in [1.54, 1.807) is 99.6 Å². The van der Waals surface area contributed by atoms with Crippen molar-refractivity contribution in [1.82, 2.24) is 18.6 Å². The summed E-state index contributed by atoms with van der Waals surface area (Å²) in [6, 6.07) is 24.1. The summed E-state index contributed by atoms with van der Waals surface area (Å²) in [5.41, 5.74) is 3.99. The first-order valence-corrected chi connectivity index (χ1v) is 25.5. The van der Waals surface area contributed by atoms with E-state index in [2.05, 4.69) is 9.80 Å². The number of aromatic nitrogens is 2. The summed E-state index contributed by atoms with van der Waals surface area (Å²) >= 11 is 14.9. The van der Waals surface area contributed by atoms with Crippen LogP contribution in [-0.4, -0.2) is 116 Å². The number of anilines is 2. The van der Waals surface area contributed by atoms with Gasteiger partial charge >= 0.3 is 0 Å². The molecule has 2 aliphatic rings. The molecule has 0 radical (unpaired) electrons. The number of benzene rings is 4. The fourth-order valence-corrected chi connectivity index (χ4v) is 12.1. The lowest BCUT2D eigenvalue weighted by Crippen LogP contribution is -2.48. The largest absolute Gasteiger partial charge is 0.497 e. The van der Waals surface area contributed by atoms with E-state index in [4.69, 9.17) is 52.1 Å². The Hall–Kier alpha value is -4.66. The van der Waals surface area contributed by atoms with Gasteiger partial charge in [-0.05, 0) is 84.4 Å². The maximum atomic E-state index is 12.9. The Balaban J connectivity index is 0.000000191. The predicted molar refractivity (Wildman–Crippen MR) is 254 cm³/mol. The van der Waals surface area contributed by atoms with Crippen LogP contribution in [0.3, 0.4) is 0 Å². The SMILES string of the molecule is COc1ccc(Cc2csc(N3CCN(S(=O)(=O)c4ccc(Cl)cc4)CC3)n2)cc1OC.COc1ccc(OC)c(Cc2csc(N3CCN(S(=O)(=O)c4ccc(Cl)cc4)CC3)n2)c1. The molecule has 4 aromatic carbocycles. The van der Waals surface area contributed by atoms with Crippen LogP contribution in [0.15, 0.2) is 105 Å². The van der Waals surface area contributed by atoms with Crippen molar-refractivity contribution < 1.29 is 35.8 Å². The topological polar surface area (TPSA) is 144 Å². The highest BCUT2D eigenvalue weighted by molar-refractivity contribution is 7.89. The Morgan fingerprint density at radius 3 is 1.44 bits per heavy atom. The van der Waals surface area contributed by atoms with Crippen molar-refractivity contribution in [3.05, 3.63) is 128 Å². The summed E-state index contributed by atoms with van der Waals surface area (Å²) in [5.74, 6) is 2.95. The zero-order chi connectivity index (χ0) is 45.4. The first kappa shape index (κ1) is 47.3. The van der Waals surface area contributed by atoms with Gasteiger partial charge in [0.1, 0.15) is 11.5 Å². The summed E-state index contributed by atoms with van der Waals surface area (Å²) in [5, 5.41) is 6.91. The highest BCUT2D eigenvalue weighted by Gasteiger charge is 2.31. The molecule has 20 heteroatoms. The fourth-order valence-electron chi connectivity index (χ4n) is 7.21. The highest BCUT2D eigenvalue weighted by atomic mass is 35.5. The van der Waals surface area contributed by atoms with E-state index in [1.165, 1.54) is 8.61 Å². The minimum Gasteiger partial charge on any atom is -0.497 e. The number of piperazine rings is 2. The smallest absolute Gasteiger partial charge is 0.243 e. The second-order valence-electron chi connectivity index (χ2n) is 14.7. The third-order valence-corrected chi connectivity index (χ3v) is 16.9. The molecular weight excluding hydrogens is 940 g/mol. The van der Waals surface area contributed by atoms with Gasteiger partial charge in [0.25, 0.3) is 0 Å². The summed E-state index contributed by atoms with van der Waals surface area (Å²) < 4.78 is 76.0. The third kappa shape index (κ3) is 11.2. The molecule has 0 unspecified atom stereocenters. The van der Waals surface area contributed by atoms with Crippen LogP contribution in [0.2, 0.25) is 10.0 Å². The Kier molecular flexibility index (Phi) is 15.6. The molecule has 2 aliphatic heterocycles. The zero-order valence-electron chi connectivity index (χ0n) is 35.6. The van der Waals surface area contributed by atoms with Gasteiger partial charge in [-0.1, -0.05) is 29.3 Å². The van der Waals surface area contributed by atoms with Gasteiger partial charge in [-0.25, -0.2) is 26.8 Å². The standard InChI is InChI=1S/2C22H24ClN3O4S2/c1-29-20-8-3-16(14-21(20)30-2)13-18-15-31-22(24-18)25-9-11-26(12-10-25)32(27,28)19-6-4-17(23)5-7-19;1-29-19-5-8-21(30-2)16(14-19)13-18-15-31-22(24-18)25-9-11-26(12-10-25)32(27,28)20-6-3-17(23)4-7-20/h2*3-8,14-15H,9-13H2,1-2H3. The van der Waals surface area contributed by atoms with Crippen molar-refractivity contribution in [1.29, 1.82) is 0 Å². The number of ether oxygens (including phenoxy) is 4. The van der Waals surface area contributed by atoms with Crippen LogP contribution in [0.1, 0.15) is 22.5 Å². The Morgan fingerprint density at radius 1 is 0.531 bits per heavy atom. The quantitative estimate of drug-likeness (QED) is 0.105. The van der Waals surface area contributed by atoms with E-state index >= 15 is 0 Å². The van der Waals surface area contributed by atoms with E-state index in [-0.39, 0.29) is 9.79 Å². The number of thiazole rings is 2. The van der Waals surface area contributed by atoms with Crippen molar-refractivity contribution in [3.8, 4) is 23.0 Å². The first-order valence-electron chi connectivity index (χ1n) is 20.1. The molecule has 340 valence electrons. The minimum absolute atomic E-state index is 0.263. The molecule has 0 amide bonds. The molecule has 2 fully saturated rings. The van der Waals surface area contributed by atoms with Crippen LogP contribution in [0.5, 0.6) is 23.0 Å². The Labute approximate surface area is 392 Å². The van der Waals surface area contributed by atoms with Gasteiger partial charge in [-0.3, -0.25) is 0 Å². The van der Waals surface area contributed by atoms with Crippen molar-refractivity contribution in [2.75, 3.05) is 90.6 Å². The highest BCUT2D eigenvalue weighted by Crippen LogP contribution is 2.32. The van der Waals surface area contributed by atoms with Crippen LogP contribution >= 0.6 is 45.9 Å². The molecule has 2 saturated heterocycles. The number of hydrogen-bond donors (Lipinski definition) is 0. The molecule has 64 heavy (non-hydrogen) atoms. The third-order valence-electron chi connectivity index (χ3n) is 10.7. The predicted octanol–water partition coefficient (Wildman–Crippen LogP) is 7.83. The van der Waals surface area contributed by atoms with Crippen LogP contribution < -0.4 is 28.7 Å². The van der Waals surface area contributed by atoms with E-state index in [9.17, 15) is 16.8 Å². The van der Waals surface area contributed by atoms with Crippen LogP contribution in [0.25, 0.3) is 0 Å². The van der Waals surface area contributed by atoms with Crippen LogP contribution in [-0.2, 0) is 32.9 Å². The summed E-state index contributed by atoms with van der Waals surface area (Å²) in [6.07, 6.45) is 1.31. The van der Waals surface area contributed by atoms with E-state index < -0.39 is 20.0 Å². The number of sulfonamides is 2. The minimum atomic E-state index is -3.53. The maximum absolute atomic E-state index is 12.9. The molecule has 0 spiro atoms. The number of nitrogens with zero attached hydrogens (tertiary/aromatic N) is 6. The van der Waals surface area contributed by atoms with Crippen LogP contribution in [0.4, 0.5) is 10.3 Å². The maximum Gasteiger partial charge on any atom is 0.243 e. The Bertz CT molecular complexity index is 2720. The van der Waals surface area contributed by atoms with E-state index in [1.807, 2.05) is 47.2 Å². The molecule has 0 atom stereocenters. The molecule has 8 rings (SSSR count). The molecule has 0 saturated carbocycles. The summed E-state index contributed by atoms with van der Waals surface area (Å²) in [6.45, 7) is 4.00. The molecule has 0 aliphatic carbocycles. The van der Waals surface area contributed by atoms with Crippen molar-refractivity contribution >= 4 is 76.2 Å². The lowest BCUT2D eigenvalue weighted by Gasteiger charge is -2.33. The number of rotatable bonds is 14. The normalized spacial score (nSPS) is 15.0. The van der Waals surface area contributed by atoms with Crippen LogP contribution in [0, 0.1) is 0 Å². The molecule has 0 N–H and O–H groups in total. The fraction of sp³-hybridized carbons (Fsp3) is 0.318. The van der Waals surface area contributed by atoms with Crippen molar-refractivity contribution in [2.45, 2.75) is 22.6 Å². The number of halogens is 2. The lowest BCUT2D eigenvalue weighted by molar-refractivity contribution is 0.354. The zero-order valence-corrected chi connectivity index (χ0v) is 40.4. The van der Waals surface area contributed by atoms with Gasteiger partial charge in [0.05, 0.1) is 49.6 Å². The number of hydrogen-bond acceptors (Lipinski definition) is 14. The summed E-state index contributed by atoms with van der Waals surface area (Å²) in [7, 11) is -0.530. The first-order chi connectivity index (χ1) is 30.8. The van der Waals surface area contributed by atoms with Gasteiger partial charge in [-0.15, -0.1) is 22.7 Å². The molecule has 6 aromatic rings. The van der Waals surface area contributed by atoms with Gasteiger partial charge < -0.3 is 28.7 Å². The second kappa shape index (κ2) is 21.1. The molecule has 4 heterocycles. The monoisotopic (exact) mass is 986 g/mol. The van der Waals surface area contributed by atoms with Gasteiger partial charge in [0.15, 0.2) is 21.8 Å². The molecule has 14 nitrogen and oxygen atoms in total. The second-order valence-corrected chi connectivity index (χ2v) is 21.1. The van der Waals surface area contributed by atoms with Crippen molar-refractivity contribution in [2.24, 2.45) is 0 Å². The lowest BCUT2D eigenvalue weighted by atomic mass is 10.1. The average molecular weight is 988 g/mol. The van der Waals surface area contributed by atoms with Gasteiger partial charge in [0.2, 0.25) is 20.0 Å². The summed E-state index contributed by atoms with van der Waals surface area (Å²) in [4.78, 5) is 14.3. The molecule has 2 aromatic heterocycles. The molecule has 0 bridgehead atoms. The number of methoxy groups -OCH3 is 4.